The Morgan fingerprint density at radius 3 is 2.88 bits per heavy atom. The van der Waals surface area contributed by atoms with E-state index in [1.807, 2.05) is 0 Å². The highest BCUT2D eigenvalue weighted by molar-refractivity contribution is 5.86. The van der Waals surface area contributed by atoms with Crippen molar-refractivity contribution in [2.45, 2.75) is 77.9 Å². The second-order valence-corrected chi connectivity index (χ2v) is 9.79. The third kappa shape index (κ3) is 1.80. The molecule has 4 aliphatic carbocycles. The molecule has 0 spiro atoms. The summed E-state index contributed by atoms with van der Waals surface area (Å²) in [6.45, 7) is 7.20. The average molecular weight is 329 g/mol. The number of nitrogens with zero attached hydrogens (tertiary/aromatic N) is 1. The second kappa shape index (κ2) is 4.87. The lowest BCUT2D eigenvalue weighted by Gasteiger charge is -2.57. The maximum atomic E-state index is 10.1. The SMILES string of the molecule is CC1=NOC2CC3C4CC=C5CC(O)CCC5(C)C4CCC3(C)C12. The Hall–Kier alpha value is -0.830. The van der Waals surface area contributed by atoms with Gasteiger partial charge in [0.05, 0.1) is 11.8 Å². The quantitative estimate of drug-likeness (QED) is 0.673. The van der Waals surface area contributed by atoms with Gasteiger partial charge in [0.25, 0.3) is 0 Å². The molecular formula is C21H31NO2. The number of allylic oxidation sites excluding steroid dienone is 1. The standard InChI is InChI=1S/C21H31NO2/c1-12-19-18(24-22-12)11-17-15-5-4-13-10-14(23)6-8-20(13,2)16(15)7-9-21(17,19)3/h4,14-19,23H,5-11H2,1-3H3. The van der Waals surface area contributed by atoms with Crippen molar-refractivity contribution >= 4 is 5.71 Å². The van der Waals surface area contributed by atoms with Crippen molar-refractivity contribution in [1.82, 2.24) is 0 Å². The monoisotopic (exact) mass is 329 g/mol. The van der Waals surface area contributed by atoms with E-state index in [2.05, 4.69) is 32.0 Å². The molecule has 24 heavy (non-hydrogen) atoms. The fourth-order valence-electron chi connectivity index (χ4n) is 7.69. The summed E-state index contributed by atoms with van der Waals surface area (Å²) in [7, 11) is 0. The van der Waals surface area contributed by atoms with Gasteiger partial charge in [-0.2, -0.15) is 0 Å². The van der Waals surface area contributed by atoms with Crippen LogP contribution in [0, 0.1) is 34.5 Å². The molecule has 5 rings (SSSR count). The largest absolute Gasteiger partial charge is 0.393 e. The van der Waals surface area contributed by atoms with Gasteiger partial charge in [-0.05, 0) is 80.5 Å². The summed E-state index contributed by atoms with van der Waals surface area (Å²) in [5.74, 6) is 2.93. The smallest absolute Gasteiger partial charge is 0.136 e. The molecule has 132 valence electrons. The number of fused-ring (bicyclic) bond motifs is 7. The predicted molar refractivity (Wildman–Crippen MR) is 94.6 cm³/mol. The molecule has 0 aromatic rings. The van der Waals surface area contributed by atoms with Crippen LogP contribution in [-0.4, -0.2) is 23.0 Å². The van der Waals surface area contributed by atoms with E-state index < -0.39 is 0 Å². The van der Waals surface area contributed by atoms with Gasteiger partial charge < -0.3 is 9.94 Å². The van der Waals surface area contributed by atoms with Crippen LogP contribution in [0.15, 0.2) is 16.8 Å². The van der Waals surface area contributed by atoms with Crippen molar-refractivity contribution in [3.63, 3.8) is 0 Å². The molecule has 0 bridgehead atoms. The van der Waals surface area contributed by atoms with Gasteiger partial charge in [-0.3, -0.25) is 0 Å². The zero-order valence-electron chi connectivity index (χ0n) is 15.3. The third-order valence-corrected chi connectivity index (χ3v) is 8.87. The van der Waals surface area contributed by atoms with Crippen LogP contribution >= 0.6 is 0 Å². The Balaban J connectivity index is 1.50. The van der Waals surface area contributed by atoms with E-state index in [4.69, 9.17) is 4.84 Å². The molecule has 3 fully saturated rings. The number of aliphatic hydroxyl groups is 1. The lowest BCUT2D eigenvalue weighted by Crippen LogP contribution is -2.50. The van der Waals surface area contributed by atoms with Gasteiger partial charge in [0, 0.05) is 5.92 Å². The molecule has 0 saturated heterocycles. The van der Waals surface area contributed by atoms with Crippen molar-refractivity contribution in [2.24, 2.45) is 39.7 Å². The van der Waals surface area contributed by atoms with E-state index >= 15 is 0 Å². The van der Waals surface area contributed by atoms with Gasteiger partial charge in [0.2, 0.25) is 0 Å². The summed E-state index contributed by atoms with van der Waals surface area (Å²) in [5, 5.41) is 14.4. The second-order valence-electron chi connectivity index (χ2n) is 9.79. The van der Waals surface area contributed by atoms with Crippen LogP contribution < -0.4 is 0 Å². The molecule has 3 saturated carbocycles. The average Bonchev–Trinajstić information content (AvgIpc) is 3.06. The molecule has 8 unspecified atom stereocenters. The van der Waals surface area contributed by atoms with Gasteiger partial charge >= 0.3 is 0 Å². The van der Waals surface area contributed by atoms with Gasteiger partial charge in [-0.15, -0.1) is 0 Å². The van der Waals surface area contributed by atoms with E-state index in [1.54, 1.807) is 5.57 Å². The van der Waals surface area contributed by atoms with Crippen molar-refractivity contribution in [1.29, 1.82) is 0 Å². The topological polar surface area (TPSA) is 41.8 Å². The Bertz CT molecular complexity index is 625. The van der Waals surface area contributed by atoms with E-state index in [9.17, 15) is 5.11 Å². The Kier molecular flexibility index (Phi) is 3.13. The first-order chi connectivity index (χ1) is 11.4. The molecule has 8 atom stereocenters. The minimum Gasteiger partial charge on any atom is -0.393 e. The number of rotatable bonds is 0. The van der Waals surface area contributed by atoms with Crippen LogP contribution in [0.3, 0.4) is 0 Å². The maximum absolute atomic E-state index is 10.1. The molecular weight excluding hydrogens is 298 g/mol. The number of hydrogen-bond donors (Lipinski definition) is 1. The Morgan fingerprint density at radius 1 is 1.21 bits per heavy atom. The summed E-state index contributed by atoms with van der Waals surface area (Å²) in [5.41, 5.74) is 3.53. The van der Waals surface area contributed by atoms with E-state index in [-0.39, 0.29) is 6.10 Å². The zero-order valence-corrected chi connectivity index (χ0v) is 15.3. The van der Waals surface area contributed by atoms with Crippen molar-refractivity contribution in [2.75, 3.05) is 0 Å². The highest BCUT2D eigenvalue weighted by Gasteiger charge is 2.63. The summed E-state index contributed by atoms with van der Waals surface area (Å²) in [6, 6.07) is 0. The lowest BCUT2D eigenvalue weighted by atomic mass is 9.47. The Labute approximate surface area is 145 Å². The third-order valence-electron chi connectivity index (χ3n) is 8.87. The van der Waals surface area contributed by atoms with Crippen molar-refractivity contribution in [3.05, 3.63) is 11.6 Å². The lowest BCUT2D eigenvalue weighted by molar-refractivity contribution is -0.0422. The fourth-order valence-corrected chi connectivity index (χ4v) is 7.69. The summed E-state index contributed by atoms with van der Waals surface area (Å²) < 4.78 is 0. The van der Waals surface area contributed by atoms with E-state index in [1.165, 1.54) is 37.8 Å². The molecule has 5 aliphatic rings. The van der Waals surface area contributed by atoms with Gasteiger partial charge in [-0.25, -0.2) is 0 Å². The zero-order chi connectivity index (χ0) is 16.7. The maximum Gasteiger partial charge on any atom is 0.136 e. The highest BCUT2D eigenvalue weighted by Crippen LogP contribution is 2.67. The molecule has 3 heteroatoms. The number of oxime groups is 1. The summed E-state index contributed by atoms with van der Waals surface area (Å²) in [6.07, 6.45) is 10.9. The molecule has 3 nitrogen and oxygen atoms in total. The molecule has 1 heterocycles. The van der Waals surface area contributed by atoms with Crippen LogP contribution in [0.1, 0.15) is 65.7 Å². The molecule has 0 aromatic heterocycles. The number of hydrogen-bond acceptors (Lipinski definition) is 3. The molecule has 0 radical (unpaired) electrons. The van der Waals surface area contributed by atoms with E-state index in [0.717, 1.165) is 30.6 Å². The molecule has 0 amide bonds. The van der Waals surface area contributed by atoms with Crippen LogP contribution in [-0.2, 0) is 4.84 Å². The van der Waals surface area contributed by atoms with Crippen LogP contribution in [0.2, 0.25) is 0 Å². The minimum absolute atomic E-state index is 0.104. The normalized spacial score (nSPS) is 55.5. The van der Waals surface area contributed by atoms with Gasteiger partial charge in [0.15, 0.2) is 0 Å². The first-order valence-corrected chi connectivity index (χ1v) is 10.0. The molecule has 1 aliphatic heterocycles. The number of aliphatic hydroxyl groups excluding tert-OH is 1. The first-order valence-electron chi connectivity index (χ1n) is 10.0. The molecule has 0 aromatic carbocycles. The van der Waals surface area contributed by atoms with Crippen LogP contribution in [0.5, 0.6) is 0 Å². The van der Waals surface area contributed by atoms with E-state index in [0.29, 0.717) is 22.9 Å². The highest BCUT2D eigenvalue weighted by atomic mass is 16.6. The first kappa shape index (κ1) is 15.4. The van der Waals surface area contributed by atoms with Gasteiger partial charge in [-0.1, -0.05) is 30.7 Å². The van der Waals surface area contributed by atoms with Crippen molar-refractivity contribution < 1.29 is 9.94 Å². The van der Waals surface area contributed by atoms with Crippen LogP contribution in [0.25, 0.3) is 0 Å². The minimum atomic E-state index is -0.104. The van der Waals surface area contributed by atoms with Gasteiger partial charge in [0.1, 0.15) is 6.10 Å². The molecule has 1 N–H and O–H groups in total. The predicted octanol–water partition coefficient (Wildman–Crippen LogP) is 4.31. The van der Waals surface area contributed by atoms with Crippen molar-refractivity contribution in [3.8, 4) is 0 Å². The Morgan fingerprint density at radius 2 is 2.04 bits per heavy atom. The van der Waals surface area contributed by atoms with Crippen LogP contribution in [0.4, 0.5) is 0 Å². The fraction of sp³-hybridized carbons (Fsp3) is 0.857. The summed E-state index contributed by atoms with van der Waals surface area (Å²) in [4.78, 5) is 5.81. The summed E-state index contributed by atoms with van der Waals surface area (Å²) >= 11 is 0.